The van der Waals surface area contributed by atoms with Gasteiger partial charge in [-0.25, -0.2) is 4.98 Å². The van der Waals surface area contributed by atoms with E-state index >= 15 is 0 Å². The van der Waals surface area contributed by atoms with Crippen molar-refractivity contribution in [3.8, 4) is 10.6 Å². The summed E-state index contributed by atoms with van der Waals surface area (Å²) >= 11 is 8.87. The van der Waals surface area contributed by atoms with E-state index in [-0.39, 0.29) is 17.7 Å². The number of carbonyl (C=O) groups excluding carboxylic acids is 2. The van der Waals surface area contributed by atoms with E-state index in [4.69, 9.17) is 11.6 Å². The summed E-state index contributed by atoms with van der Waals surface area (Å²) in [6.45, 7) is 1.13. The first-order chi connectivity index (χ1) is 15.6. The monoisotopic (exact) mass is 481 g/mol. The SMILES string of the molecule is O=C(Nc1nc(-c2ccc(Cl)s2)cs1)C1CCN(C(=O)c2cccc3ccccc23)CC1. The second-order valence-corrected chi connectivity index (χ2v) is 10.3. The Bertz CT molecular complexity index is 1290. The zero-order chi connectivity index (χ0) is 22.1. The van der Waals surface area contributed by atoms with Crippen LogP contribution < -0.4 is 5.32 Å². The van der Waals surface area contributed by atoms with Gasteiger partial charge in [0, 0.05) is 30.0 Å². The third-order valence-electron chi connectivity index (χ3n) is 5.73. The maximum atomic E-state index is 13.1. The first-order valence-corrected chi connectivity index (χ1v) is 12.4. The van der Waals surface area contributed by atoms with Gasteiger partial charge in [0.05, 0.1) is 14.9 Å². The number of anilines is 1. The second-order valence-electron chi connectivity index (χ2n) is 7.72. The van der Waals surface area contributed by atoms with Crippen molar-refractivity contribution in [3.63, 3.8) is 0 Å². The molecule has 1 saturated heterocycles. The molecule has 0 radical (unpaired) electrons. The molecule has 1 aliphatic rings. The number of fused-ring (bicyclic) bond motifs is 1. The number of hydrogen-bond donors (Lipinski definition) is 1. The number of nitrogens with zero attached hydrogens (tertiary/aromatic N) is 2. The molecule has 32 heavy (non-hydrogen) atoms. The second kappa shape index (κ2) is 9.02. The summed E-state index contributed by atoms with van der Waals surface area (Å²) in [5, 5.41) is 7.47. The summed E-state index contributed by atoms with van der Waals surface area (Å²) < 4.78 is 0.711. The van der Waals surface area contributed by atoms with Crippen LogP contribution in [0.4, 0.5) is 5.13 Å². The Morgan fingerprint density at radius 3 is 2.59 bits per heavy atom. The van der Waals surface area contributed by atoms with Crippen LogP contribution >= 0.6 is 34.3 Å². The Morgan fingerprint density at radius 1 is 1.03 bits per heavy atom. The molecule has 0 aliphatic carbocycles. The van der Waals surface area contributed by atoms with E-state index in [1.54, 1.807) is 0 Å². The number of benzene rings is 2. The molecular weight excluding hydrogens is 462 g/mol. The van der Waals surface area contributed by atoms with E-state index in [0.29, 0.717) is 35.4 Å². The van der Waals surface area contributed by atoms with Crippen LogP contribution in [-0.4, -0.2) is 34.8 Å². The number of rotatable bonds is 4. The highest BCUT2D eigenvalue weighted by Gasteiger charge is 2.29. The molecule has 1 aliphatic heterocycles. The minimum Gasteiger partial charge on any atom is -0.339 e. The number of halogens is 1. The van der Waals surface area contributed by atoms with Crippen molar-refractivity contribution >= 4 is 62.0 Å². The molecular formula is C24H20ClN3O2S2. The summed E-state index contributed by atoms with van der Waals surface area (Å²) in [4.78, 5) is 33.2. The van der Waals surface area contributed by atoms with Gasteiger partial charge in [-0.2, -0.15) is 0 Å². The fraction of sp³-hybridized carbons (Fsp3) is 0.208. The zero-order valence-electron chi connectivity index (χ0n) is 17.1. The lowest BCUT2D eigenvalue weighted by Crippen LogP contribution is -2.41. The van der Waals surface area contributed by atoms with Crippen LogP contribution in [0.5, 0.6) is 0 Å². The van der Waals surface area contributed by atoms with Crippen molar-refractivity contribution in [2.45, 2.75) is 12.8 Å². The zero-order valence-corrected chi connectivity index (χ0v) is 19.5. The van der Waals surface area contributed by atoms with Crippen molar-refractivity contribution in [1.82, 2.24) is 9.88 Å². The normalized spacial score (nSPS) is 14.6. The van der Waals surface area contributed by atoms with E-state index in [1.165, 1.54) is 22.7 Å². The van der Waals surface area contributed by atoms with Gasteiger partial charge in [-0.15, -0.1) is 22.7 Å². The molecule has 8 heteroatoms. The summed E-state index contributed by atoms with van der Waals surface area (Å²) in [6, 6.07) is 17.5. The number of nitrogens with one attached hydrogen (secondary N) is 1. The fourth-order valence-corrected chi connectivity index (χ4v) is 5.82. The lowest BCUT2D eigenvalue weighted by molar-refractivity contribution is -0.121. The van der Waals surface area contributed by atoms with Crippen molar-refractivity contribution in [1.29, 1.82) is 0 Å². The smallest absolute Gasteiger partial charge is 0.254 e. The number of thiophene rings is 1. The summed E-state index contributed by atoms with van der Waals surface area (Å²) in [6.07, 6.45) is 1.28. The minimum atomic E-state index is -0.130. The third kappa shape index (κ3) is 4.28. The van der Waals surface area contributed by atoms with Crippen LogP contribution in [0.25, 0.3) is 21.3 Å². The van der Waals surface area contributed by atoms with Gasteiger partial charge in [-0.3, -0.25) is 9.59 Å². The van der Waals surface area contributed by atoms with Gasteiger partial charge >= 0.3 is 0 Å². The molecule has 0 spiro atoms. The predicted octanol–water partition coefficient (Wildman–Crippen LogP) is 6.17. The number of hydrogen-bond acceptors (Lipinski definition) is 5. The standard InChI is InChI=1S/C24H20ClN3O2S2/c25-21-9-8-20(32-21)19-14-31-24(26-19)27-22(29)16-10-12-28(13-11-16)23(30)18-7-3-5-15-4-1-2-6-17(15)18/h1-9,14,16H,10-13H2,(H,26,27,29). The van der Waals surface area contributed by atoms with Gasteiger partial charge in [0.2, 0.25) is 5.91 Å². The highest BCUT2D eigenvalue weighted by atomic mass is 35.5. The Kier molecular flexibility index (Phi) is 5.95. The molecule has 5 rings (SSSR count). The van der Waals surface area contributed by atoms with Gasteiger partial charge in [0.15, 0.2) is 5.13 Å². The van der Waals surface area contributed by atoms with Gasteiger partial charge in [-0.05, 0) is 41.8 Å². The van der Waals surface area contributed by atoms with Crippen LogP contribution in [0.1, 0.15) is 23.2 Å². The molecule has 4 aromatic rings. The van der Waals surface area contributed by atoms with Gasteiger partial charge in [-0.1, -0.05) is 48.0 Å². The molecule has 0 bridgehead atoms. The first-order valence-electron chi connectivity index (χ1n) is 10.4. The summed E-state index contributed by atoms with van der Waals surface area (Å²) in [5.74, 6) is -0.137. The van der Waals surface area contributed by atoms with E-state index in [1.807, 2.05) is 64.9 Å². The van der Waals surface area contributed by atoms with Crippen LogP contribution in [0, 0.1) is 5.92 Å². The number of aromatic nitrogens is 1. The average Bonchev–Trinajstić information content (AvgIpc) is 3.47. The number of amides is 2. The molecule has 3 heterocycles. The summed E-state index contributed by atoms with van der Waals surface area (Å²) in [7, 11) is 0. The molecule has 0 saturated carbocycles. The topological polar surface area (TPSA) is 62.3 Å². The van der Waals surface area contributed by atoms with Crippen molar-refractivity contribution < 1.29 is 9.59 Å². The average molecular weight is 482 g/mol. The predicted molar refractivity (Wildman–Crippen MR) is 132 cm³/mol. The minimum absolute atomic E-state index is 0.0276. The number of likely N-dealkylation sites (tertiary alicyclic amines) is 1. The molecule has 2 aromatic heterocycles. The van der Waals surface area contributed by atoms with Crippen molar-refractivity contribution in [2.24, 2.45) is 5.92 Å². The third-order valence-corrected chi connectivity index (χ3v) is 7.74. The molecule has 1 N–H and O–H groups in total. The quantitative estimate of drug-likeness (QED) is 0.379. The number of thiazole rings is 1. The molecule has 1 fully saturated rings. The van der Waals surface area contributed by atoms with E-state index in [2.05, 4.69) is 10.3 Å². The Labute approximate surface area is 198 Å². The van der Waals surface area contributed by atoms with Gasteiger partial charge in [0.25, 0.3) is 5.91 Å². The molecule has 2 aromatic carbocycles. The molecule has 5 nitrogen and oxygen atoms in total. The number of carbonyl (C=O) groups is 2. The molecule has 0 atom stereocenters. The van der Waals surface area contributed by atoms with Crippen molar-refractivity contribution in [3.05, 3.63) is 69.9 Å². The van der Waals surface area contributed by atoms with E-state index in [0.717, 1.165) is 26.9 Å². The lowest BCUT2D eigenvalue weighted by Gasteiger charge is -2.31. The van der Waals surface area contributed by atoms with Crippen LogP contribution in [0.3, 0.4) is 0 Å². The molecule has 0 unspecified atom stereocenters. The van der Waals surface area contributed by atoms with Crippen LogP contribution in [0.2, 0.25) is 4.34 Å². The summed E-state index contributed by atoms with van der Waals surface area (Å²) in [5.41, 5.74) is 1.53. The van der Waals surface area contributed by atoms with Crippen LogP contribution in [0.15, 0.2) is 60.0 Å². The molecule has 162 valence electrons. The van der Waals surface area contributed by atoms with E-state index < -0.39 is 0 Å². The Balaban J connectivity index is 1.20. The fourth-order valence-electron chi connectivity index (χ4n) is 4.03. The lowest BCUT2D eigenvalue weighted by atomic mass is 9.95. The van der Waals surface area contributed by atoms with Gasteiger partial charge < -0.3 is 10.2 Å². The largest absolute Gasteiger partial charge is 0.339 e. The van der Waals surface area contributed by atoms with Gasteiger partial charge in [0.1, 0.15) is 0 Å². The Morgan fingerprint density at radius 2 is 1.81 bits per heavy atom. The Hall–Kier alpha value is -2.74. The number of piperidine rings is 1. The molecule has 2 amide bonds. The highest BCUT2D eigenvalue weighted by molar-refractivity contribution is 7.20. The highest BCUT2D eigenvalue weighted by Crippen LogP contribution is 2.33. The van der Waals surface area contributed by atoms with E-state index in [9.17, 15) is 9.59 Å². The maximum Gasteiger partial charge on any atom is 0.254 e. The van der Waals surface area contributed by atoms with Crippen LogP contribution in [-0.2, 0) is 4.79 Å². The first kappa shape index (κ1) is 21.1. The van der Waals surface area contributed by atoms with Crippen molar-refractivity contribution in [2.75, 3.05) is 18.4 Å². The maximum absolute atomic E-state index is 13.1.